The van der Waals surface area contributed by atoms with Crippen LogP contribution in [0.4, 0.5) is 5.69 Å². The average molecular weight is 488 g/mol. The first-order valence-corrected chi connectivity index (χ1v) is 13.5. The average Bonchev–Trinajstić information content (AvgIpc) is 2.82. The van der Waals surface area contributed by atoms with Crippen LogP contribution in [0.3, 0.4) is 0 Å². The standard InChI is InChI=1S/C25H33N3O5S/c1-33-22-3-2-17(11-21(22)28(31)32)15-34-16-23(29)26-4-6-27(7-5-26)24(30)25-12-18-8-19(13-25)10-20(9-18)14-25/h2-3,11,18-20H,4-10,12-16H2,1H3. The minimum atomic E-state index is -0.456. The van der Waals surface area contributed by atoms with Crippen LogP contribution in [0, 0.1) is 33.3 Å². The zero-order valence-corrected chi connectivity index (χ0v) is 20.6. The van der Waals surface area contributed by atoms with E-state index in [1.807, 2.05) is 9.80 Å². The summed E-state index contributed by atoms with van der Waals surface area (Å²) in [5.41, 5.74) is 0.612. The zero-order chi connectivity index (χ0) is 23.9. The molecule has 0 aromatic heterocycles. The summed E-state index contributed by atoms with van der Waals surface area (Å²) in [6, 6.07) is 4.89. The summed E-state index contributed by atoms with van der Waals surface area (Å²) in [5, 5.41) is 11.2. The van der Waals surface area contributed by atoms with E-state index in [9.17, 15) is 19.7 Å². The van der Waals surface area contributed by atoms with Gasteiger partial charge in [-0.1, -0.05) is 6.07 Å². The highest BCUT2D eigenvalue weighted by Gasteiger charge is 2.55. The van der Waals surface area contributed by atoms with Crippen LogP contribution in [0.1, 0.15) is 44.1 Å². The van der Waals surface area contributed by atoms with Gasteiger partial charge in [-0.05, 0) is 67.9 Å². The number of carbonyl (C=O) groups excluding carboxylic acids is 2. The maximum Gasteiger partial charge on any atom is 0.311 e. The predicted octanol–water partition coefficient (Wildman–Crippen LogP) is 3.72. The molecular weight excluding hydrogens is 454 g/mol. The molecule has 6 rings (SSSR count). The number of nitro groups is 1. The van der Waals surface area contributed by atoms with Crippen molar-refractivity contribution in [3.05, 3.63) is 33.9 Å². The lowest BCUT2D eigenvalue weighted by Gasteiger charge is -2.57. The van der Waals surface area contributed by atoms with Crippen molar-refractivity contribution < 1.29 is 19.2 Å². The van der Waals surface area contributed by atoms with Crippen molar-refractivity contribution in [2.45, 2.75) is 44.3 Å². The molecule has 0 atom stereocenters. The van der Waals surface area contributed by atoms with Crippen LogP contribution in [0.5, 0.6) is 5.75 Å². The van der Waals surface area contributed by atoms with Crippen LogP contribution in [-0.2, 0) is 15.3 Å². The molecule has 1 heterocycles. The van der Waals surface area contributed by atoms with Gasteiger partial charge in [-0.2, -0.15) is 0 Å². The van der Waals surface area contributed by atoms with Crippen molar-refractivity contribution in [1.29, 1.82) is 0 Å². The summed E-state index contributed by atoms with van der Waals surface area (Å²) in [6.07, 6.45) is 7.23. The fourth-order valence-corrected chi connectivity index (χ4v) is 8.06. The van der Waals surface area contributed by atoms with Gasteiger partial charge in [-0.25, -0.2) is 0 Å². The fraction of sp³-hybridized carbons (Fsp3) is 0.680. The van der Waals surface area contributed by atoms with E-state index in [2.05, 4.69) is 0 Å². The van der Waals surface area contributed by atoms with Crippen LogP contribution in [0.15, 0.2) is 18.2 Å². The summed E-state index contributed by atoms with van der Waals surface area (Å²) >= 11 is 1.45. The van der Waals surface area contributed by atoms with Crippen molar-refractivity contribution in [1.82, 2.24) is 9.80 Å². The van der Waals surface area contributed by atoms with Crippen molar-refractivity contribution in [3.63, 3.8) is 0 Å². The van der Waals surface area contributed by atoms with Gasteiger partial charge in [0.2, 0.25) is 11.8 Å². The number of piperazine rings is 1. The van der Waals surface area contributed by atoms with Gasteiger partial charge >= 0.3 is 5.69 Å². The summed E-state index contributed by atoms with van der Waals surface area (Å²) in [6.45, 7) is 2.43. The van der Waals surface area contributed by atoms with E-state index in [1.165, 1.54) is 44.2 Å². The maximum atomic E-state index is 13.5. The van der Waals surface area contributed by atoms with E-state index in [0.717, 1.165) is 42.6 Å². The summed E-state index contributed by atoms with van der Waals surface area (Å²) in [5.74, 6) is 3.75. The molecule has 184 valence electrons. The molecule has 1 aromatic carbocycles. The SMILES string of the molecule is COc1ccc(CSCC(=O)N2CCN(C(=O)C34CC5CC(CC(C5)C3)C4)CC2)cc1[N+](=O)[O-]. The van der Waals surface area contributed by atoms with Crippen LogP contribution in [0.2, 0.25) is 0 Å². The minimum absolute atomic E-state index is 0.0632. The largest absolute Gasteiger partial charge is 0.490 e. The first-order valence-electron chi connectivity index (χ1n) is 12.3. The van der Waals surface area contributed by atoms with Crippen LogP contribution in [-0.4, -0.2) is 65.6 Å². The smallest absolute Gasteiger partial charge is 0.311 e. The van der Waals surface area contributed by atoms with Gasteiger partial charge in [0, 0.05) is 38.0 Å². The molecule has 1 aromatic rings. The topological polar surface area (TPSA) is 93.0 Å². The molecule has 1 saturated heterocycles. The first-order chi connectivity index (χ1) is 16.4. The monoisotopic (exact) mass is 487 g/mol. The Balaban J connectivity index is 1.10. The number of nitro benzene ring substituents is 1. The molecule has 9 heteroatoms. The van der Waals surface area contributed by atoms with E-state index in [4.69, 9.17) is 4.74 Å². The Morgan fingerprint density at radius 1 is 1.06 bits per heavy atom. The Kier molecular flexibility index (Phi) is 6.48. The van der Waals surface area contributed by atoms with Crippen LogP contribution >= 0.6 is 11.8 Å². The van der Waals surface area contributed by atoms with Crippen molar-refractivity contribution >= 4 is 29.3 Å². The van der Waals surface area contributed by atoms with Gasteiger partial charge in [0.25, 0.3) is 0 Å². The summed E-state index contributed by atoms with van der Waals surface area (Å²) in [4.78, 5) is 40.9. The minimum Gasteiger partial charge on any atom is -0.490 e. The van der Waals surface area contributed by atoms with E-state index < -0.39 is 4.92 Å². The third-order valence-electron chi connectivity index (χ3n) is 8.35. The van der Waals surface area contributed by atoms with Crippen molar-refractivity contribution in [2.24, 2.45) is 23.2 Å². The Bertz CT molecular complexity index is 940. The molecule has 8 nitrogen and oxygen atoms in total. The fourth-order valence-electron chi connectivity index (χ4n) is 7.18. The Morgan fingerprint density at radius 3 is 2.21 bits per heavy atom. The Hall–Kier alpha value is -2.29. The second-order valence-corrected chi connectivity index (χ2v) is 11.6. The number of thioether (sulfide) groups is 1. The number of nitrogens with zero attached hydrogens (tertiary/aromatic N) is 3. The van der Waals surface area contributed by atoms with Gasteiger partial charge < -0.3 is 14.5 Å². The quantitative estimate of drug-likeness (QED) is 0.430. The molecule has 4 saturated carbocycles. The van der Waals surface area contributed by atoms with Gasteiger partial charge in [-0.3, -0.25) is 19.7 Å². The van der Waals surface area contributed by atoms with Crippen molar-refractivity contribution in [3.8, 4) is 5.75 Å². The number of hydrogen-bond acceptors (Lipinski definition) is 6. The molecule has 0 unspecified atom stereocenters. The molecule has 0 N–H and O–H groups in total. The van der Waals surface area contributed by atoms with Gasteiger partial charge in [-0.15, -0.1) is 11.8 Å². The number of methoxy groups -OCH3 is 1. The Morgan fingerprint density at radius 2 is 1.65 bits per heavy atom. The third kappa shape index (κ3) is 4.51. The molecule has 2 amide bonds. The lowest BCUT2D eigenvalue weighted by atomic mass is 9.49. The highest BCUT2D eigenvalue weighted by atomic mass is 32.2. The maximum absolute atomic E-state index is 13.5. The first kappa shape index (κ1) is 23.5. The summed E-state index contributed by atoms with van der Waals surface area (Å²) < 4.78 is 5.04. The number of benzene rings is 1. The van der Waals surface area contributed by atoms with Gasteiger partial charge in [0.1, 0.15) is 0 Å². The Labute approximate surface area is 204 Å². The molecule has 0 radical (unpaired) electrons. The number of amides is 2. The van der Waals surface area contributed by atoms with Crippen molar-refractivity contribution in [2.75, 3.05) is 39.0 Å². The second kappa shape index (κ2) is 9.40. The molecule has 4 aliphatic carbocycles. The third-order valence-corrected chi connectivity index (χ3v) is 9.33. The molecule has 4 bridgehead atoms. The van der Waals surface area contributed by atoms with E-state index in [-0.39, 0.29) is 22.8 Å². The lowest BCUT2D eigenvalue weighted by Crippen LogP contribution is -2.58. The molecule has 0 spiro atoms. The second-order valence-electron chi connectivity index (χ2n) is 10.6. The zero-order valence-electron chi connectivity index (χ0n) is 19.7. The van der Waals surface area contributed by atoms with Crippen LogP contribution < -0.4 is 4.74 Å². The number of ether oxygens (including phenoxy) is 1. The molecule has 1 aliphatic heterocycles. The van der Waals surface area contributed by atoms with E-state index in [0.29, 0.717) is 43.6 Å². The number of rotatable bonds is 7. The lowest BCUT2D eigenvalue weighted by molar-refractivity contribution is -0.385. The van der Waals surface area contributed by atoms with E-state index >= 15 is 0 Å². The van der Waals surface area contributed by atoms with Gasteiger partial charge in [0.05, 0.1) is 23.2 Å². The van der Waals surface area contributed by atoms with Crippen LogP contribution in [0.25, 0.3) is 0 Å². The highest BCUT2D eigenvalue weighted by Crippen LogP contribution is 2.60. The number of hydrogen-bond donors (Lipinski definition) is 0. The normalized spacial score (nSPS) is 29.9. The predicted molar refractivity (Wildman–Crippen MR) is 130 cm³/mol. The highest BCUT2D eigenvalue weighted by molar-refractivity contribution is 7.99. The van der Waals surface area contributed by atoms with Gasteiger partial charge in [0.15, 0.2) is 5.75 Å². The molecule has 34 heavy (non-hydrogen) atoms. The molecule has 5 fully saturated rings. The summed E-state index contributed by atoms with van der Waals surface area (Å²) in [7, 11) is 1.41. The molecular formula is C25H33N3O5S. The molecule has 5 aliphatic rings. The number of carbonyl (C=O) groups is 2. The van der Waals surface area contributed by atoms with E-state index in [1.54, 1.807) is 12.1 Å².